The topological polar surface area (TPSA) is 41.6 Å². The Bertz CT molecular complexity index is 519. The fourth-order valence-corrected chi connectivity index (χ4v) is 6.77. The Hall–Kier alpha value is -0.610. The molecule has 2 saturated heterocycles. The molecule has 3 aliphatic rings. The summed E-state index contributed by atoms with van der Waals surface area (Å²) in [7, 11) is 0. The van der Waals surface area contributed by atoms with Crippen LogP contribution in [-0.4, -0.2) is 49.7 Å². The van der Waals surface area contributed by atoms with Crippen LogP contribution in [0.25, 0.3) is 0 Å². The molecule has 3 fully saturated rings. The Morgan fingerprint density at radius 2 is 1.65 bits per heavy atom. The number of rotatable bonds is 6. The van der Waals surface area contributed by atoms with E-state index in [9.17, 15) is 4.79 Å². The summed E-state index contributed by atoms with van der Waals surface area (Å²) in [5.74, 6) is 2.40. The van der Waals surface area contributed by atoms with E-state index in [-0.39, 0.29) is 0 Å². The van der Waals surface area contributed by atoms with Crippen LogP contribution in [0.5, 0.6) is 0 Å². The van der Waals surface area contributed by atoms with Crippen LogP contribution in [0.1, 0.15) is 104 Å². The number of nitrogens with zero attached hydrogens (tertiary/aromatic N) is 1. The zero-order valence-corrected chi connectivity index (χ0v) is 20.8. The minimum absolute atomic E-state index is 0.330. The van der Waals surface area contributed by atoms with E-state index in [2.05, 4.69) is 26.1 Å². The maximum absolute atomic E-state index is 12.6. The number of hydrogen-bond acceptors (Lipinski definition) is 3. The van der Waals surface area contributed by atoms with Crippen molar-refractivity contribution in [1.82, 2.24) is 10.2 Å². The van der Waals surface area contributed by atoms with Crippen LogP contribution in [0.3, 0.4) is 0 Å². The van der Waals surface area contributed by atoms with Crippen LogP contribution in [0.15, 0.2) is 0 Å². The van der Waals surface area contributed by atoms with Crippen molar-refractivity contribution in [2.24, 2.45) is 23.2 Å². The SMILES string of the molecule is CC(C)C(CCCC(=O)N1CCOCC1)C1NCC2(CCCCCCCCC2)CC1C. The molecule has 0 bridgehead atoms. The van der Waals surface area contributed by atoms with Gasteiger partial charge >= 0.3 is 0 Å². The third-order valence-corrected chi connectivity index (χ3v) is 8.60. The molecule has 1 spiro atoms. The molecule has 31 heavy (non-hydrogen) atoms. The van der Waals surface area contributed by atoms with Crippen molar-refractivity contribution < 1.29 is 9.53 Å². The molecule has 3 atom stereocenters. The van der Waals surface area contributed by atoms with E-state index in [0.717, 1.165) is 25.4 Å². The summed E-state index contributed by atoms with van der Waals surface area (Å²) in [5, 5.41) is 4.08. The summed E-state index contributed by atoms with van der Waals surface area (Å²) in [6, 6.07) is 0.611. The summed E-state index contributed by atoms with van der Waals surface area (Å²) in [6.07, 6.45) is 17.2. The van der Waals surface area contributed by atoms with Crippen molar-refractivity contribution in [2.45, 2.75) is 110 Å². The van der Waals surface area contributed by atoms with Crippen molar-refractivity contribution in [1.29, 1.82) is 0 Å². The molecule has 0 radical (unpaired) electrons. The molecule has 2 aliphatic heterocycles. The third-order valence-electron chi connectivity index (χ3n) is 8.60. The molecule has 0 aromatic rings. The smallest absolute Gasteiger partial charge is 0.222 e. The van der Waals surface area contributed by atoms with E-state index >= 15 is 0 Å². The highest BCUT2D eigenvalue weighted by atomic mass is 16.5. The molecule has 2 heterocycles. The molecule has 0 aromatic heterocycles. The molecule has 3 unspecified atom stereocenters. The van der Waals surface area contributed by atoms with Crippen LogP contribution in [0.2, 0.25) is 0 Å². The van der Waals surface area contributed by atoms with E-state index < -0.39 is 0 Å². The summed E-state index contributed by atoms with van der Waals surface area (Å²) >= 11 is 0. The lowest BCUT2D eigenvalue weighted by molar-refractivity contribution is -0.135. The number of hydrogen-bond donors (Lipinski definition) is 1. The molecular formula is C27H50N2O2. The van der Waals surface area contributed by atoms with Crippen LogP contribution in [0, 0.1) is 23.2 Å². The molecule has 1 N–H and O–H groups in total. The first-order valence-corrected chi connectivity index (χ1v) is 13.6. The van der Waals surface area contributed by atoms with Gasteiger partial charge in [-0.25, -0.2) is 0 Å². The van der Waals surface area contributed by atoms with Crippen LogP contribution >= 0.6 is 0 Å². The molecule has 0 aromatic carbocycles. The molecule has 1 aliphatic carbocycles. The monoisotopic (exact) mass is 434 g/mol. The second-order valence-electron chi connectivity index (χ2n) is 11.4. The van der Waals surface area contributed by atoms with Crippen LogP contribution in [0.4, 0.5) is 0 Å². The standard InChI is InChI=1S/C27H50N2O2/c1-22(2)24(12-11-13-25(30)29-16-18-31-19-17-29)26-23(3)20-27(21-28-26)14-9-7-5-4-6-8-10-15-27/h22-24,26,28H,4-21H2,1-3H3. The highest BCUT2D eigenvalue weighted by Gasteiger charge is 2.41. The highest BCUT2D eigenvalue weighted by Crippen LogP contribution is 2.44. The maximum Gasteiger partial charge on any atom is 0.222 e. The van der Waals surface area contributed by atoms with Gasteiger partial charge < -0.3 is 15.0 Å². The normalized spacial score (nSPS) is 29.1. The average Bonchev–Trinajstić information content (AvgIpc) is 2.77. The second kappa shape index (κ2) is 12.6. The highest BCUT2D eigenvalue weighted by molar-refractivity contribution is 5.76. The predicted molar refractivity (Wildman–Crippen MR) is 129 cm³/mol. The van der Waals surface area contributed by atoms with Crippen molar-refractivity contribution >= 4 is 5.91 Å². The maximum atomic E-state index is 12.6. The van der Waals surface area contributed by atoms with E-state index in [1.807, 2.05) is 4.90 Å². The molecule has 4 nitrogen and oxygen atoms in total. The predicted octanol–water partition coefficient (Wildman–Crippen LogP) is 5.80. The number of piperidine rings is 1. The molecule has 180 valence electrons. The molecule has 4 heteroatoms. The minimum Gasteiger partial charge on any atom is -0.378 e. The van der Waals surface area contributed by atoms with Gasteiger partial charge in [-0.05, 0) is 55.3 Å². The zero-order valence-electron chi connectivity index (χ0n) is 20.8. The van der Waals surface area contributed by atoms with Gasteiger partial charge in [0.1, 0.15) is 0 Å². The summed E-state index contributed by atoms with van der Waals surface area (Å²) in [4.78, 5) is 14.6. The van der Waals surface area contributed by atoms with Gasteiger partial charge in [0.2, 0.25) is 5.91 Å². The van der Waals surface area contributed by atoms with Crippen LogP contribution in [-0.2, 0) is 9.53 Å². The molecule has 1 saturated carbocycles. The number of carbonyl (C=O) groups excluding carboxylic acids is 1. The fraction of sp³-hybridized carbons (Fsp3) is 0.963. The van der Waals surface area contributed by atoms with Gasteiger partial charge in [0.05, 0.1) is 13.2 Å². The Morgan fingerprint density at radius 1 is 1.03 bits per heavy atom. The number of carbonyl (C=O) groups is 1. The van der Waals surface area contributed by atoms with Crippen molar-refractivity contribution in [3.05, 3.63) is 0 Å². The first-order chi connectivity index (χ1) is 15.0. The van der Waals surface area contributed by atoms with Gasteiger partial charge in [-0.3, -0.25) is 4.79 Å². The Labute approximate surface area is 192 Å². The summed E-state index contributed by atoms with van der Waals surface area (Å²) in [5.41, 5.74) is 0.543. The Morgan fingerprint density at radius 3 is 2.23 bits per heavy atom. The molecular weight excluding hydrogens is 384 g/mol. The quantitative estimate of drug-likeness (QED) is 0.575. The largest absolute Gasteiger partial charge is 0.378 e. The van der Waals surface area contributed by atoms with E-state index in [4.69, 9.17) is 4.74 Å². The Kier molecular flexibility index (Phi) is 10.2. The molecule has 3 rings (SSSR count). The van der Waals surface area contributed by atoms with Crippen molar-refractivity contribution in [3.8, 4) is 0 Å². The van der Waals surface area contributed by atoms with Gasteiger partial charge in [-0.2, -0.15) is 0 Å². The first kappa shape index (κ1) is 25.0. The lowest BCUT2D eigenvalue weighted by atomic mass is 9.65. The van der Waals surface area contributed by atoms with Crippen molar-refractivity contribution in [3.63, 3.8) is 0 Å². The first-order valence-electron chi connectivity index (χ1n) is 13.6. The summed E-state index contributed by atoms with van der Waals surface area (Å²) in [6.45, 7) is 11.4. The van der Waals surface area contributed by atoms with Gasteiger partial charge in [0.15, 0.2) is 0 Å². The molecule has 1 amide bonds. The average molecular weight is 435 g/mol. The van der Waals surface area contributed by atoms with Gasteiger partial charge in [0, 0.05) is 32.1 Å². The lowest BCUT2D eigenvalue weighted by Crippen LogP contribution is -2.54. The second-order valence-corrected chi connectivity index (χ2v) is 11.4. The van der Waals surface area contributed by atoms with Gasteiger partial charge in [-0.15, -0.1) is 0 Å². The number of ether oxygens (including phenoxy) is 1. The number of nitrogens with one attached hydrogen (secondary N) is 1. The van der Waals surface area contributed by atoms with Crippen LogP contribution < -0.4 is 5.32 Å². The van der Waals surface area contributed by atoms with Gasteiger partial charge in [0.25, 0.3) is 0 Å². The van der Waals surface area contributed by atoms with E-state index in [1.54, 1.807) is 0 Å². The summed E-state index contributed by atoms with van der Waals surface area (Å²) < 4.78 is 5.39. The lowest BCUT2D eigenvalue weighted by Gasteiger charge is -2.48. The number of morpholine rings is 1. The third kappa shape index (κ3) is 7.45. The Balaban J connectivity index is 1.51. The fourth-order valence-electron chi connectivity index (χ4n) is 6.77. The zero-order chi connectivity index (χ0) is 22.1. The van der Waals surface area contributed by atoms with E-state index in [0.29, 0.717) is 48.8 Å². The minimum atomic E-state index is 0.330. The van der Waals surface area contributed by atoms with Crippen molar-refractivity contribution in [2.75, 3.05) is 32.8 Å². The van der Waals surface area contributed by atoms with E-state index in [1.165, 1.54) is 77.2 Å². The number of amides is 1. The van der Waals surface area contributed by atoms with Gasteiger partial charge in [-0.1, -0.05) is 65.7 Å².